The molecule has 0 spiro atoms. The van der Waals surface area contributed by atoms with Gasteiger partial charge in [-0.15, -0.1) is 0 Å². The van der Waals surface area contributed by atoms with Gasteiger partial charge < -0.3 is 5.32 Å². The highest BCUT2D eigenvalue weighted by atomic mass is 79.9. The van der Waals surface area contributed by atoms with Gasteiger partial charge in [0.15, 0.2) is 0 Å². The van der Waals surface area contributed by atoms with E-state index in [4.69, 9.17) is 0 Å². The maximum absolute atomic E-state index is 3.57. The molecule has 2 aromatic carbocycles. The van der Waals surface area contributed by atoms with E-state index in [9.17, 15) is 0 Å². The predicted octanol–water partition coefficient (Wildman–Crippen LogP) is 5.56. The zero-order valence-electron chi connectivity index (χ0n) is 12.0. The van der Waals surface area contributed by atoms with Crippen molar-refractivity contribution < 1.29 is 0 Å². The molecular formula is C18H20BrN. The summed E-state index contributed by atoms with van der Waals surface area (Å²) >= 11 is 3.54. The van der Waals surface area contributed by atoms with E-state index in [1.807, 2.05) is 0 Å². The maximum atomic E-state index is 3.57. The summed E-state index contributed by atoms with van der Waals surface area (Å²) in [6, 6.07) is 13.4. The first kappa shape index (κ1) is 13.7. The van der Waals surface area contributed by atoms with Crippen LogP contribution < -0.4 is 5.32 Å². The van der Waals surface area contributed by atoms with Crippen LogP contribution in [0.15, 0.2) is 40.9 Å². The average Bonchev–Trinajstić information content (AvgIpc) is 3.22. The minimum atomic E-state index is 0.841. The molecule has 1 fully saturated rings. The van der Waals surface area contributed by atoms with Crippen LogP contribution in [-0.4, -0.2) is 0 Å². The molecule has 0 bridgehead atoms. The van der Waals surface area contributed by atoms with E-state index < -0.39 is 0 Å². The van der Waals surface area contributed by atoms with Gasteiger partial charge in [0.2, 0.25) is 0 Å². The summed E-state index contributed by atoms with van der Waals surface area (Å²) < 4.78 is 1.15. The Kier molecular flexibility index (Phi) is 3.84. The van der Waals surface area contributed by atoms with E-state index in [1.54, 1.807) is 0 Å². The number of hydrogen-bond donors (Lipinski definition) is 1. The third-order valence-electron chi connectivity index (χ3n) is 4.00. The fraction of sp³-hybridized carbons (Fsp3) is 0.333. The second-order valence-electron chi connectivity index (χ2n) is 5.78. The summed E-state index contributed by atoms with van der Waals surface area (Å²) in [7, 11) is 0. The largest absolute Gasteiger partial charge is 0.381 e. The zero-order chi connectivity index (χ0) is 14.1. The van der Waals surface area contributed by atoms with Crippen LogP contribution in [0.5, 0.6) is 0 Å². The van der Waals surface area contributed by atoms with Crippen LogP contribution in [0.3, 0.4) is 0 Å². The molecule has 0 atom stereocenters. The predicted molar refractivity (Wildman–Crippen MR) is 89.4 cm³/mol. The van der Waals surface area contributed by atoms with Crippen LogP contribution in [0.2, 0.25) is 0 Å². The number of hydrogen-bond acceptors (Lipinski definition) is 1. The molecule has 1 nitrogen and oxygen atoms in total. The van der Waals surface area contributed by atoms with Gasteiger partial charge >= 0.3 is 0 Å². The minimum absolute atomic E-state index is 0.841. The van der Waals surface area contributed by atoms with Gasteiger partial charge in [-0.05, 0) is 67.0 Å². The molecular weight excluding hydrogens is 310 g/mol. The normalized spacial score (nSPS) is 14.3. The third kappa shape index (κ3) is 3.06. The smallest absolute Gasteiger partial charge is 0.0403 e. The average molecular weight is 330 g/mol. The van der Waals surface area contributed by atoms with Crippen molar-refractivity contribution in [3.63, 3.8) is 0 Å². The van der Waals surface area contributed by atoms with Crippen LogP contribution in [0.25, 0.3) is 0 Å². The first-order valence-electron chi connectivity index (χ1n) is 7.23. The molecule has 0 heterocycles. The van der Waals surface area contributed by atoms with Gasteiger partial charge in [-0.3, -0.25) is 0 Å². The Morgan fingerprint density at radius 1 is 1.05 bits per heavy atom. The first-order chi connectivity index (χ1) is 9.63. The lowest BCUT2D eigenvalue weighted by atomic mass is 10.1. The summed E-state index contributed by atoms with van der Waals surface area (Å²) in [5.74, 6) is 0.841. The van der Waals surface area contributed by atoms with E-state index in [1.165, 1.54) is 40.8 Å². The molecule has 0 unspecified atom stereocenters. The summed E-state index contributed by atoms with van der Waals surface area (Å²) in [5.41, 5.74) is 6.67. The number of anilines is 1. The lowest BCUT2D eigenvalue weighted by Gasteiger charge is -2.13. The van der Waals surface area contributed by atoms with Crippen molar-refractivity contribution in [3.8, 4) is 0 Å². The van der Waals surface area contributed by atoms with Gasteiger partial charge in [0, 0.05) is 16.7 Å². The number of halogens is 1. The summed E-state index contributed by atoms with van der Waals surface area (Å²) in [6.07, 6.45) is 2.74. The Balaban J connectivity index is 1.69. The first-order valence-corrected chi connectivity index (χ1v) is 8.02. The molecule has 0 saturated heterocycles. The van der Waals surface area contributed by atoms with Gasteiger partial charge in [-0.25, -0.2) is 0 Å². The molecule has 0 aliphatic heterocycles. The standard InChI is InChI=1S/C18H20BrN/c1-12-9-17(19)10-13(2)18(12)20-11-14-3-5-15(6-4-14)16-7-8-16/h3-6,9-10,16,20H,7-8,11H2,1-2H3. The molecule has 0 radical (unpaired) electrons. The van der Waals surface area contributed by atoms with Crippen molar-refractivity contribution in [1.82, 2.24) is 0 Å². The molecule has 1 aliphatic carbocycles. The summed E-state index contributed by atoms with van der Waals surface area (Å²) in [6.45, 7) is 5.18. The number of rotatable bonds is 4. The quantitative estimate of drug-likeness (QED) is 0.774. The molecule has 3 rings (SSSR count). The monoisotopic (exact) mass is 329 g/mol. The molecule has 2 aromatic rings. The molecule has 0 aromatic heterocycles. The van der Waals surface area contributed by atoms with E-state index in [2.05, 4.69) is 71.5 Å². The molecule has 2 heteroatoms. The molecule has 104 valence electrons. The zero-order valence-corrected chi connectivity index (χ0v) is 13.6. The molecule has 20 heavy (non-hydrogen) atoms. The van der Waals surface area contributed by atoms with Gasteiger partial charge in [-0.2, -0.15) is 0 Å². The lowest BCUT2D eigenvalue weighted by molar-refractivity contribution is 1.09. The number of nitrogens with one attached hydrogen (secondary N) is 1. The van der Waals surface area contributed by atoms with Crippen molar-refractivity contribution in [2.75, 3.05) is 5.32 Å². The second-order valence-corrected chi connectivity index (χ2v) is 6.70. The number of aryl methyl sites for hydroxylation is 2. The highest BCUT2D eigenvalue weighted by Gasteiger charge is 2.22. The van der Waals surface area contributed by atoms with E-state index in [0.717, 1.165) is 16.9 Å². The Morgan fingerprint density at radius 3 is 2.20 bits per heavy atom. The maximum Gasteiger partial charge on any atom is 0.0403 e. The van der Waals surface area contributed by atoms with Gasteiger partial charge in [-0.1, -0.05) is 40.2 Å². The Bertz CT molecular complexity index is 589. The second kappa shape index (κ2) is 5.61. The highest BCUT2D eigenvalue weighted by Crippen LogP contribution is 2.39. The summed E-state index contributed by atoms with van der Waals surface area (Å²) in [4.78, 5) is 0. The highest BCUT2D eigenvalue weighted by molar-refractivity contribution is 9.10. The van der Waals surface area contributed by atoms with Crippen LogP contribution in [-0.2, 0) is 6.54 Å². The van der Waals surface area contributed by atoms with Crippen LogP contribution in [0, 0.1) is 13.8 Å². The Hall–Kier alpha value is -1.28. The topological polar surface area (TPSA) is 12.0 Å². The van der Waals surface area contributed by atoms with Crippen molar-refractivity contribution in [2.24, 2.45) is 0 Å². The van der Waals surface area contributed by atoms with E-state index >= 15 is 0 Å². The van der Waals surface area contributed by atoms with Crippen molar-refractivity contribution >= 4 is 21.6 Å². The summed E-state index contributed by atoms with van der Waals surface area (Å²) in [5, 5.41) is 3.57. The minimum Gasteiger partial charge on any atom is -0.381 e. The van der Waals surface area contributed by atoms with E-state index in [0.29, 0.717) is 0 Å². The molecule has 1 saturated carbocycles. The third-order valence-corrected chi connectivity index (χ3v) is 4.45. The fourth-order valence-electron chi connectivity index (χ4n) is 2.70. The van der Waals surface area contributed by atoms with Crippen molar-refractivity contribution in [1.29, 1.82) is 0 Å². The van der Waals surface area contributed by atoms with Crippen LogP contribution in [0.4, 0.5) is 5.69 Å². The van der Waals surface area contributed by atoms with Gasteiger partial charge in [0.1, 0.15) is 0 Å². The van der Waals surface area contributed by atoms with Crippen molar-refractivity contribution in [2.45, 2.75) is 39.2 Å². The Labute approximate surface area is 129 Å². The Morgan fingerprint density at radius 2 is 1.65 bits per heavy atom. The molecule has 1 N–H and O–H groups in total. The molecule has 1 aliphatic rings. The fourth-order valence-corrected chi connectivity index (χ4v) is 3.39. The van der Waals surface area contributed by atoms with Crippen molar-refractivity contribution in [3.05, 3.63) is 63.1 Å². The van der Waals surface area contributed by atoms with E-state index in [-0.39, 0.29) is 0 Å². The van der Waals surface area contributed by atoms with Crippen LogP contribution >= 0.6 is 15.9 Å². The van der Waals surface area contributed by atoms with Gasteiger partial charge in [0.25, 0.3) is 0 Å². The van der Waals surface area contributed by atoms with Crippen LogP contribution in [0.1, 0.15) is 41.0 Å². The van der Waals surface area contributed by atoms with Gasteiger partial charge in [0.05, 0.1) is 0 Å². The lowest BCUT2D eigenvalue weighted by Crippen LogP contribution is -2.03. The molecule has 0 amide bonds. The number of benzene rings is 2. The SMILES string of the molecule is Cc1cc(Br)cc(C)c1NCc1ccc(C2CC2)cc1.